The number of anilines is 1. The van der Waals surface area contributed by atoms with E-state index in [1.807, 2.05) is 44.2 Å². The van der Waals surface area contributed by atoms with E-state index in [9.17, 15) is 19.5 Å². The number of carbonyl (C=O) groups excluding carboxylic acids is 3. The first-order valence-electron chi connectivity index (χ1n) is 13.3. The minimum atomic E-state index is -0.697. The predicted molar refractivity (Wildman–Crippen MR) is 156 cm³/mol. The van der Waals surface area contributed by atoms with Crippen LogP contribution in [-0.2, 0) is 14.4 Å². The maximum Gasteiger partial charge on any atom is 0.247 e. The molecule has 3 saturated heterocycles. The highest BCUT2D eigenvalue weighted by atomic mass is 79.9. The van der Waals surface area contributed by atoms with Crippen LogP contribution >= 0.6 is 27.7 Å². The molecule has 1 spiro atoms. The van der Waals surface area contributed by atoms with Gasteiger partial charge in [-0.1, -0.05) is 46.3 Å². The van der Waals surface area contributed by atoms with Crippen LogP contribution in [-0.4, -0.2) is 85.8 Å². The Morgan fingerprint density at radius 2 is 1.87 bits per heavy atom. The molecule has 7 nitrogen and oxygen atoms in total. The van der Waals surface area contributed by atoms with Gasteiger partial charge in [0.05, 0.1) is 16.6 Å². The first-order valence-corrected chi connectivity index (χ1v) is 15.1. The Morgan fingerprint density at radius 3 is 2.47 bits per heavy atom. The molecule has 3 heterocycles. The molecule has 0 radical (unpaired) electrons. The van der Waals surface area contributed by atoms with Gasteiger partial charge in [0.2, 0.25) is 17.7 Å². The van der Waals surface area contributed by atoms with Crippen molar-refractivity contribution in [1.82, 2.24) is 9.80 Å². The number of hydrogen-bond acceptors (Lipinski definition) is 5. The van der Waals surface area contributed by atoms with Crippen LogP contribution in [0.1, 0.15) is 33.1 Å². The lowest BCUT2D eigenvalue weighted by Gasteiger charge is -2.39. The molecular weight excluding hydrogens is 566 g/mol. The summed E-state index contributed by atoms with van der Waals surface area (Å²) in [5.74, 6) is -1.46. The molecule has 0 aromatic heterocycles. The standard InChI is InChI=1S/C29H38BrN3O4S/c1-5-14-31(19(3)4)28(37)25-29-18-21(30)24(38-29)22(23(29)27(36)33(25)16-10-11-17-34)26(35)32(15-6-2)20-12-8-7-9-13-20/h5-9,12-13,19,21-25,34H,1-2,10-11,14-18H2,3-4H3/t21?,22-,23-,24-,25?,29?/m0/s1. The van der Waals surface area contributed by atoms with E-state index < -0.39 is 22.6 Å². The second kappa shape index (κ2) is 12.0. The number of nitrogens with zero attached hydrogens (tertiary/aromatic N) is 3. The normalized spacial score (nSPS) is 29.4. The molecule has 206 valence electrons. The number of likely N-dealkylation sites (tertiary alicyclic amines) is 1. The van der Waals surface area contributed by atoms with Crippen LogP contribution in [0.4, 0.5) is 5.69 Å². The Bertz CT molecular complexity index is 1070. The Labute approximate surface area is 238 Å². The third-order valence-electron chi connectivity index (χ3n) is 7.99. The van der Waals surface area contributed by atoms with Gasteiger partial charge in [0.25, 0.3) is 0 Å². The second-order valence-corrected chi connectivity index (χ2v) is 13.3. The molecule has 9 heteroatoms. The number of amides is 3. The van der Waals surface area contributed by atoms with E-state index in [-0.39, 0.29) is 40.4 Å². The summed E-state index contributed by atoms with van der Waals surface area (Å²) in [6.45, 7) is 12.8. The highest BCUT2D eigenvalue weighted by molar-refractivity contribution is 9.09. The van der Waals surface area contributed by atoms with E-state index in [1.54, 1.807) is 38.6 Å². The van der Waals surface area contributed by atoms with Gasteiger partial charge in [0, 0.05) is 48.0 Å². The van der Waals surface area contributed by atoms with Crippen molar-refractivity contribution in [3.63, 3.8) is 0 Å². The third-order valence-corrected chi connectivity index (χ3v) is 11.2. The number of alkyl halides is 1. The Balaban J connectivity index is 1.77. The molecule has 38 heavy (non-hydrogen) atoms. The molecule has 2 bridgehead atoms. The van der Waals surface area contributed by atoms with E-state index >= 15 is 0 Å². The number of fused-ring (bicyclic) bond motifs is 1. The molecule has 0 aliphatic carbocycles. The molecule has 4 rings (SSSR count). The van der Waals surface area contributed by atoms with Gasteiger partial charge in [0.1, 0.15) is 6.04 Å². The Kier molecular flexibility index (Phi) is 9.10. The number of thioether (sulfide) groups is 1. The molecule has 3 unspecified atom stereocenters. The molecule has 3 amide bonds. The van der Waals surface area contributed by atoms with Crippen LogP contribution in [0, 0.1) is 11.8 Å². The van der Waals surface area contributed by atoms with Gasteiger partial charge in [-0.05, 0) is 45.2 Å². The molecule has 3 aliphatic heterocycles. The zero-order chi connectivity index (χ0) is 27.6. The number of carbonyl (C=O) groups is 3. The van der Waals surface area contributed by atoms with Crippen LogP contribution in [0.15, 0.2) is 55.6 Å². The summed E-state index contributed by atoms with van der Waals surface area (Å²) in [5, 5.41) is 9.27. The first-order chi connectivity index (χ1) is 18.2. The number of hydrogen-bond donors (Lipinski definition) is 1. The molecule has 0 saturated carbocycles. The number of benzene rings is 1. The van der Waals surface area contributed by atoms with Crippen LogP contribution in [0.2, 0.25) is 0 Å². The van der Waals surface area contributed by atoms with Crippen molar-refractivity contribution >= 4 is 51.1 Å². The van der Waals surface area contributed by atoms with Crippen molar-refractivity contribution < 1.29 is 19.5 Å². The average Bonchev–Trinajstić information content (AvgIpc) is 3.49. The lowest BCUT2D eigenvalue weighted by molar-refractivity contribution is -0.143. The Morgan fingerprint density at radius 1 is 1.18 bits per heavy atom. The van der Waals surface area contributed by atoms with Crippen molar-refractivity contribution in [3.05, 3.63) is 55.6 Å². The molecule has 1 aromatic rings. The summed E-state index contributed by atoms with van der Waals surface area (Å²) in [6, 6.07) is 8.74. The fourth-order valence-corrected chi connectivity index (χ4v) is 10.0. The summed E-state index contributed by atoms with van der Waals surface area (Å²) in [6.07, 6.45) is 5.19. The van der Waals surface area contributed by atoms with Crippen molar-refractivity contribution in [2.45, 2.75) is 60.0 Å². The number of halogens is 1. The summed E-state index contributed by atoms with van der Waals surface area (Å²) in [4.78, 5) is 47.9. The minimum absolute atomic E-state index is 0.00597. The number of rotatable bonds is 12. The number of unbranched alkanes of at least 4 members (excludes halogenated alkanes) is 1. The summed E-state index contributed by atoms with van der Waals surface area (Å²) < 4.78 is -0.697. The van der Waals surface area contributed by atoms with Gasteiger partial charge in [0.15, 0.2) is 0 Å². The van der Waals surface area contributed by atoms with E-state index in [1.165, 1.54) is 0 Å². The highest BCUT2D eigenvalue weighted by Crippen LogP contribution is 2.68. The van der Waals surface area contributed by atoms with Gasteiger partial charge in [-0.2, -0.15) is 0 Å². The van der Waals surface area contributed by atoms with Crippen molar-refractivity contribution in [2.75, 3.05) is 31.1 Å². The second-order valence-electron chi connectivity index (χ2n) is 10.6. The average molecular weight is 605 g/mol. The molecule has 1 N–H and O–H groups in total. The van der Waals surface area contributed by atoms with Gasteiger partial charge >= 0.3 is 0 Å². The molecule has 1 aromatic carbocycles. The molecule has 6 atom stereocenters. The monoisotopic (exact) mass is 603 g/mol. The summed E-state index contributed by atoms with van der Waals surface area (Å²) in [5.41, 5.74) is 0.764. The number of aliphatic hydroxyl groups excluding tert-OH is 1. The quantitative estimate of drug-likeness (QED) is 0.223. The minimum Gasteiger partial charge on any atom is -0.396 e. The zero-order valence-electron chi connectivity index (χ0n) is 22.2. The van der Waals surface area contributed by atoms with Crippen molar-refractivity contribution in [2.24, 2.45) is 11.8 Å². The van der Waals surface area contributed by atoms with Crippen molar-refractivity contribution in [1.29, 1.82) is 0 Å². The predicted octanol–water partition coefficient (Wildman–Crippen LogP) is 3.87. The van der Waals surface area contributed by atoms with Gasteiger partial charge in [-0.3, -0.25) is 14.4 Å². The fourth-order valence-electron chi connectivity index (χ4n) is 6.42. The first kappa shape index (κ1) is 28.9. The topological polar surface area (TPSA) is 81.2 Å². The van der Waals surface area contributed by atoms with Crippen LogP contribution in [0.3, 0.4) is 0 Å². The largest absolute Gasteiger partial charge is 0.396 e. The lowest BCUT2D eigenvalue weighted by Crippen LogP contribution is -2.57. The fraction of sp³-hybridized carbons (Fsp3) is 0.552. The molecule has 3 fully saturated rings. The maximum absolute atomic E-state index is 14.3. The summed E-state index contributed by atoms with van der Waals surface area (Å²) >= 11 is 5.49. The smallest absolute Gasteiger partial charge is 0.247 e. The van der Waals surface area contributed by atoms with E-state index in [0.717, 1.165) is 5.69 Å². The number of para-hydroxylation sites is 1. The lowest BCUT2D eigenvalue weighted by atomic mass is 9.70. The molecule has 3 aliphatic rings. The van der Waals surface area contributed by atoms with Crippen molar-refractivity contribution in [3.8, 4) is 0 Å². The van der Waals surface area contributed by atoms with Crippen LogP contribution in [0.25, 0.3) is 0 Å². The third kappa shape index (κ3) is 4.86. The SMILES string of the molecule is C=CCN(C(=O)[C@H]1[C@H]2C(=O)N(CCCCO)C(C(=O)N(CC=C)C(C)C)C23CC(Br)[C@@H]1S3)c1ccccc1. The van der Waals surface area contributed by atoms with E-state index in [4.69, 9.17) is 0 Å². The van der Waals surface area contributed by atoms with Crippen LogP contribution in [0.5, 0.6) is 0 Å². The maximum atomic E-state index is 14.3. The highest BCUT2D eigenvalue weighted by Gasteiger charge is 2.76. The van der Waals surface area contributed by atoms with Gasteiger partial charge in [-0.25, -0.2) is 0 Å². The Hall–Kier alpha value is -2.10. The zero-order valence-corrected chi connectivity index (χ0v) is 24.6. The summed E-state index contributed by atoms with van der Waals surface area (Å²) in [7, 11) is 0. The van der Waals surface area contributed by atoms with E-state index in [2.05, 4.69) is 29.1 Å². The molecular formula is C29H38BrN3O4S. The number of aliphatic hydroxyl groups is 1. The van der Waals surface area contributed by atoms with Crippen LogP contribution < -0.4 is 4.90 Å². The van der Waals surface area contributed by atoms with Gasteiger partial charge in [-0.15, -0.1) is 24.9 Å². The van der Waals surface area contributed by atoms with Gasteiger partial charge < -0.3 is 19.8 Å². The van der Waals surface area contributed by atoms with E-state index in [0.29, 0.717) is 38.9 Å².